The predicted molar refractivity (Wildman–Crippen MR) is 79.1 cm³/mol. The first-order valence-corrected chi connectivity index (χ1v) is 5.96. The molecule has 0 amide bonds. The fourth-order valence-corrected chi connectivity index (χ4v) is 0.859. The second kappa shape index (κ2) is 17.6. The van der Waals surface area contributed by atoms with E-state index in [1.165, 1.54) is 41.5 Å². The fourth-order valence-electron chi connectivity index (χ4n) is 0.859. The van der Waals surface area contributed by atoms with Gasteiger partial charge in [-0.2, -0.15) is 0 Å². The van der Waals surface area contributed by atoms with Crippen LogP contribution in [0.3, 0.4) is 0 Å². The van der Waals surface area contributed by atoms with Gasteiger partial charge in [-0.3, -0.25) is 14.4 Å². The molecule has 0 fully saturated rings. The summed E-state index contributed by atoms with van der Waals surface area (Å²) >= 11 is 0. The number of carbonyl (C=O) groups is 3. The second-order valence-electron chi connectivity index (χ2n) is 4.10. The molecule has 0 heterocycles. The summed E-state index contributed by atoms with van der Waals surface area (Å²) in [5.41, 5.74) is 0. The molecule has 0 aromatic rings. The molecule has 0 aromatic carbocycles. The van der Waals surface area contributed by atoms with E-state index in [4.69, 9.17) is 0 Å². The summed E-state index contributed by atoms with van der Waals surface area (Å²) in [5.74, 6) is -1.12. The van der Waals surface area contributed by atoms with Crippen molar-refractivity contribution in [3.8, 4) is 0 Å². The Bertz CT molecular complexity index is 368. The van der Waals surface area contributed by atoms with Crippen LogP contribution in [0.5, 0.6) is 0 Å². The van der Waals surface area contributed by atoms with Crippen LogP contribution in [0.25, 0.3) is 0 Å². The number of ketones is 3. The van der Waals surface area contributed by atoms with Gasteiger partial charge in [0.2, 0.25) is 0 Å². The zero-order valence-electron chi connectivity index (χ0n) is 13.8. The second-order valence-corrected chi connectivity index (χ2v) is 4.10. The monoisotopic (exact) mass is 412 g/mol. The summed E-state index contributed by atoms with van der Waals surface area (Å²) < 4.78 is 0. The predicted octanol–water partition coefficient (Wildman–Crippen LogP) is -0.862. The number of rotatable bonds is 3. The Hall–Kier alpha value is -1.50. The number of hydrogen-bond acceptors (Lipinski definition) is 6. The fraction of sp³-hybridized carbons (Fsp3) is 0.400. The van der Waals surface area contributed by atoms with E-state index >= 15 is 0 Å². The smallest absolute Gasteiger partial charge is 0.876 e. The normalized spacial score (nSPS) is 10.9. The third-order valence-electron chi connectivity index (χ3n) is 1.22. The van der Waals surface area contributed by atoms with E-state index in [1.807, 2.05) is 0 Å². The van der Waals surface area contributed by atoms with Gasteiger partial charge in [-0.1, -0.05) is 20.8 Å². The van der Waals surface area contributed by atoms with Crippen LogP contribution < -0.4 is 15.3 Å². The number of hydrogen-bond donors (Lipinski definition) is 0. The van der Waals surface area contributed by atoms with E-state index in [0.29, 0.717) is 0 Å². The number of carbonyl (C=O) groups excluding carboxylic acids is 3. The molecular formula is C15H21InO6. The topological polar surface area (TPSA) is 120 Å². The third kappa shape index (κ3) is 51.4. The van der Waals surface area contributed by atoms with Gasteiger partial charge < -0.3 is 15.3 Å². The quantitative estimate of drug-likeness (QED) is 0.440. The third-order valence-corrected chi connectivity index (χ3v) is 1.22. The van der Waals surface area contributed by atoms with E-state index in [2.05, 4.69) is 0 Å². The van der Waals surface area contributed by atoms with E-state index in [0.717, 1.165) is 18.2 Å². The molecule has 0 saturated heterocycles. The minimum absolute atomic E-state index is 0. The van der Waals surface area contributed by atoms with Crippen LogP contribution >= 0.6 is 0 Å². The van der Waals surface area contributed by atoms with Crippen molar-refractivity contribution in [3.63, 3.8) is 0 Å². The zero-order chi connectivity index (χ0) is 17.6. The van der Waals surface area contributed by atoms with Crippen molar-refractivity contribution in [2.24, 2.45) is 0 Å². The maximum atomic E-state index is 9.98. The van der Waals surface area contributed by atoms with Crippen LogP contribution in [0, 0.1) is 0 Å². The molecule has 0 aliphatic heterocycles. The van der Waals surface area contributed by atoms with E-state index in [1.54, 1.807) is 0 Å². The maximum absolute atomic E-state index is 9.98. The van der Waals surface area contributed by atoms with Gasteiger partial charge in [0, 0.05) is 0 Å². The molecule has 7 heteroatoms. The van der Waals surface area contributed by atoms with E-state index < -0.39 is 0 Å². The first-order chi connectivity index (χ1) is 9.38. The van der Waals surface area contributed by atoms with Crippen LogP contribution in [0.15, 0.2) is 35.5 Å². The van der Waals surface area contributed by atoms with Gasteiger partial charge in [-0.25, -0.2) is 0 Å². The van der Waals surface area contributed by atoms with Gasteiger partial charge in [0.1, 0.15) is 0 Å². The molecule has 120 valence electrons. The van der Waals surface area contributed by atoms with Gasteiger partial charge in [0.15, 0.2) is 17.3 Å². The van der Waals surface area contributed by atoms with Crippen LogP contribution in [0.1, 0.15) is 41.5 Å². The Labute approximate surface area is 150 Å². The minimum Gasteiger partial charge on any atom is -0.876 e. The van der Waals surface area contributed by atoms with Crippen LogP contribution in [0.2, 0.25) is 0 Å². The van der Waals surface area contributed by atoms with Gasteiger partial charge in [-0.15, -0.1) is 17.3 Å². The molecule has 6 nitrogen and oxygen atoms in total. The van der Waals surface area contributed by atoms with Gasteiger partial charge in [0.05, 0.1) is 0 Å². The molecule has 0 N–H and O–H groups in total. The summed E-state index contributed by atoms with van der Waals surface area (Å²) in [6.45, 7) is 8.09. The summed E-state index contributed by atoms with van der Waals surface area (Å²) in [4.78, 5) is 29.9. The molecule has 22 heavy (non-hydrogen) atoms. The molecular weight excluding hydrogens is 391 g/mol. The standard InChI is InChI=1S/3C5H8O2.In/c3*1-4(6)3-5(2)7;/h3*3,6H,1-2H3;/q;;;+3/p-3/b3*4-3-;. The van der Waals surface area contributed by atoms with Crippen molar-refractivity contribution < 1.29 is 29.7 Å². The molecule has 0 aliphatic rings. The summed E-state index contributed by atoms with van der Waals surface area (Å²) in [6, 6.07) is 0. The van der Waals surface area contributed by atoms with E-state index in [-0.39, 0.29) is 60.5 Å². The SMILES string of the molecule is CC(=O)/C=C(/C)[O-].CC(=O)/C=C(/C)[O-].CC(=O)/C=C(/C)[O-].[In+3]. The van der Waals surface area contributed by atoms with Gasteiger partial charge >= 0.3 is 25.8 Å². The van der Waals surface area contributed by atoms with Gasteiger partial charge in [0.25, 0.3) is 0 Å². The molecule has 0 atom stereocenters. The maximum Gasteiger partial charge on any atom is 3.00 e. The molecule has 0 aliphatic carbocycles. The summed E-state index contributed by atoms with van der Waals surface area (Å²) in [6.07, 6.45) is 3.17. The Kier molecular flexibility index (Phi) is 22.8. The molecule has 0 rings (SSSR count). The zero-order valence-corrected chi connectivity index (χ0v) is 17.1. The Morgan fingerprint density at radius 3 is 0.682 bits per heavy atom. The van der Waals surface area contributed by atoms with Gasteiger partial charge in [-0.05, 0) is 39.0 Å². The molecule has 0 spiro atoms. The van der Waals surface area contributed by atoms with Crippen molar-refractivity contribution in [1.82, 2.24) is 0 Å². The summed E-state index contributed by atoms with van der Waals surface area (Å²) in [7, 11) is 0. The van der Waals surface area contributed by atoms with Crippen molar-refractivity contribution in [2.45, 2.75) is 41.5 Å². The first kappa shape index (κ1) is 28.6. The van der Waals surface area contributed by atoms with Crippen molar-refractivity contribution in [2.75, 3.05) is 0 Å². The Balaban J connectivity index is -0.000000108. The average Bonchev–Trinajstić information content (AvgIpc) is 2.10. The molecule has 0 aromatic heterocycles. The molecule has 0 radical (unpaired) electrons. The Morgan fingerprint density at radius 2 is 0.682 bits per heavy atom. The minimum atomic E-state index is -0.187. The molecule has 0 saturated carbocycles. The first-order valence-electron chi connectivity index (χ1n) is 5.96. The van der Waals surface area contributed by atoms with E-state index in [9.17, 15) is 29.7 Å². The van der Waals surface area contributed by atoms with Crippen LogP contribution in [-0.4, -0.2) is 43.2 Å². The van der Waals surface area contributed by atoms with Crippen molar-refractivity contribution in [3.05, 3.63) is 35.5 Å². The van der Waals surface area contributed by atoms with Crippen molar-refractivity contribution in [1.29, 1.82) is 0 Å². The van der Waals surface area contributed by atoms with Crippen molar-refractivity contribution >= 4 is 43.2 Å². The average molecular weight is 412 g/mol. The van der Waals surface area contributed by atoms with Crippen LogP contribution in [-0.2, 0) is 14.4 Å². The molecule has 0 unspecified atom stereocenters. The molecule has 0 bridgehead atoms. The largest absolute Gasteiger partial charge is 3.00 e. The number of allylic oxidation sites excluding steroid dienone is 6. The summed E-state index contributed by atoms with van der Waals surface area (Å²) in [5, 5.41) is 29.9. The Morgan fingerprint density at radius 1 is 0.545 bits per heavy atom. The van der Waals surface area contributed by atoms with Crippen LogP contribution in [0.4, 0.5) is 0 Å².